The molecule has 0 spiro atoms. The predicted octanol–water partition coefficient (Wildman–Crippen LogP) is 3.61. The lowest BCUT2D eigenvalue weighted by Crippen LogP contribution is -2.32. The second kappa shape index (κ2) is 5.55. The van der Waals surface area contributed by atoms with Gasteiger partial charge in [0, 0.05) is 0 Å². The molecule has 3 aliphatic rings. The van der Waals surface area contributed by atoms with Crippen molar-refractivity contribution in [2.75, 3.05) is 0 Å². The third-order valence-electron chi connectivity index (χ3n) is 6.52. The molecule has 2 aromatic carbocycles. The van der Waals surface area contributed by atoms with Crippen LogP contribution >= 0.6 is 0 Å². The number of amides is 2. The van der Waals surface area contributed by atoms with Crippen LogP contribution in [0.25, 0.3) is 0 Å². The van der Waals surface area contributed by atoms with Crippen molar-refractivity contribution in [2.45, 2.75) is 25.3 Å². The van der Waals surface area contributed by atoms with Crippen LogP contribution in [0.15, 0.2) is 60.7 Å². The fraction of sp³-hybridized carbons (Fsp3) is 0.364. The molecule has 1 aliphatic heterocycles. The summed E-state index contributed by atoms with van der Waals surface area (Å²) in [5.74, 6) is 1.10. The molecule has 5 rings (SSSR count). The van der Waals surface area contributed by atoms with Crippen LogP contribution in [0.3, 0.4) is 0 Å². The summed E-state index contributed by atoms with van der Waals surface area (Å²) in [5.41, 5.74) is 2.35. The van der Waals surface area contributed by atoms with Crippen LogP contribution in [0.5, 0.6) is 0 Å². The van der Waals surface area contributed by atoms with Crippen LogP contribution in [-0.2, 0) is 16.1 Å². The molecule has 2 amide bonds. The summed E-state index contributed by atoms with van der Waals surface area (Å²) in [6.07, 6.45) is 2.08. The van der Waals surface area contributed by atoms with E-state index >= 15 is 0 Å². The molecule has 0 N–H and O–H groups in total. The van der Waals surface area contributed by atoms with Gasteiger partial charge in [-0.1, -0.05) is 60.7 Å². The van der Waals surface area contributed by atoms with E-state index in [0.717, 1.165) is 18.4 Å². The maximum absolute atomic E-state index is 13.1. The number of rotatable bonds is 3. The van der Waals surface area contributed by atoms with Gasteiger partial charge in [-0.3, -0.25) is 14.5 Å². The summed E-state index contributed by atoms with van der Waals surface area (Å²) >= 11 is 0. The highest BCUT2D eigenvalue weighted by Gasteiger charge is 2.63. The minimum absolute atomic E-state index is 0.0620. The minimum atomic E-state index is -0.0971. The summed E-state index contributed by atoms with van der Waals surface area (Å²) in [4.78, 5) is 27.5. The van der Waals surface area contributed by atoms with Gasteiger partial charge in [-0.15, -0.1) is 0 Å². The van der Waals surface area contributed by atoms with Crippen LogP contribution in [0.4, 0.5) is 0 Å². The largest absolute Gasteiger partial charge is 0.278 e. The number of likely N-dealkylation sites (tertiary alicyclic amines) is 1. The van der Waals surface area contributed by atoms with Gasteiger partial charge in [-0.25, -0.2) is 0 Å². The topological polar surface area (TPSA) is 37.4 Å². The van der Waals surface area contributed by atoms with Gasteiger partial charge in [-0.05, 0) is 41.7 Å². The Labute approximate surface area is 147 Å². The molecule has 3 fully saturated rings. The number of hydrogen-bond donors (Lipinski definition) is 0. The van der Waals surface area contributed by atoms with E-state index in [1.54, 1.807) is 0 Å². The molecule has 2 bridgehead atoms. The predicted molar refractivity (Wildman–Crippen MR) is 94.4 cm³/mol. The van der Waals surface area contributed by atoms with Gasteiger partial charge in [0.05, 0.1) is 18.4 Å². The van der Waals surface area contributed by atoms with Gasteiger partial charge >= 0.3 is 0 Å². The Balaban J connectivity index is 1.42. The Kier molecular flexibility index (Phi) is 3.30. The highest BCUT2D eigenvalue weighted by atomic mass is 16.2. The molecule has 1 heterocycles. The van der Waals surface area contributed by atoms with E-state index in [1.165, 1.54) is 10.5 Å². The standard InChI is InChI=1S/C22H21NO2/c24-21-19-16-11-17(15-9-5-2-6-10-15)18(12-16)20(19)22(25)23(21)13-14-7-3-1-4-8-14/h1-10,16-20H,11-13H2/t16-,17+,18-,19-,20+/m1/s1. The highest BCUT2D eigenvalue weighted by Crippen LogP contribution is 2.61. The number of nitrogens with zero attached hydrogens (tertiary/aromatic N) is 1. The first-order chi connectivity index (χ1) is 12.2. The van der Waals surface area contributed by atoms with Gasteiger partial charge in [0.25, 0.3) is 0 Å². The fourth-order valence-electron chi connectivity index (χ4n) is 5.53. The smallest absolute Gasteiger partial charge is 0.233 e. The quantitative estimate of drug-likeness (QED) is 0.806. The molecule has 1 saturated heterocycles. The molecule has 2 aromatic rings. The Morgan fingerprint density at radius 3 is 2.16 bits per heavy atom. The van der Waals surface area contributed by atoms with Gasteiger partial charge in [0.15, 0.2) is 0 Å². The molecule has 0 aromatic heterocycles. The number of carbonyl (C=O) groups is 2. The van der Waals surface area contributed by atoms with Crippen LogP contribution in [-0.4, -0.2) is 16.7 Å². The van der Waals surface area contributed by atoms with Crippen molar-refractivity contribution in [1.29, 1.82) is 0 Å². The summed E-state index contributed by atoms with van der Waals surface area (Å²) in [5, 5.41) is 0. The maximum atomic E-state index is 13.1. The molecule has 2 saturated carbocycles. The third kappa shape index (κ3) is 2.18. The SMILES string of the molecule is O=C1[C@@H]2[C@H]3C[C@@H]([C@@H]2C(=O)N1Cc1ccccc1)[C@H](c1ccccc1)C3. The molecule has 126 valence electrons. The van der Waals surface area contributed by atoms with Crippen LogP contribution < -0.4 is 0 Å². The van der Waals surface area contributed by atoms with Crippen molar-refractivity contribution < 1.29 is 9.59 Å². The van der Waals surface area contributed by atoms with Crippen LogP contribution in [0, 0.1) is 23.7 Å². The van der Waals surface area contributed by atoms with Crippen LogP contribution in [0.2, 0.25) is 0 Å². The average molecular weight is 331 g/mol. The average Bonchev–Trinajstić information content (AvgIpc) is 3.31. The monoisotopic (exact) mass is 331 g/mol. The number of hydrogen-bond acceptors (Lipinski definition) is 2. The molecule has 0 radical (unpaired) electrons. The van der Waals surface area contributed by atoms with E-state index in [4.69, 9.17) is 0 Å². The molecule has 5 atom stereocenters. The zero-order valence-electron chi connectivity index (χ0n) is 14.0. The lowest BCUT2D eigenvalue weighted by Gasteiger charge is -2.28. The molecule has 0 unspecified atom stereocenters. The van der Waals surface area contributed by atoms with Crippen molar-refractivity contribution in [2.24, 2.45) is 23.7 Å². The van der Waals surface area contributed by atoms with E-state index in [0.29, 0.717) is 24.3 Å². The Morgan fingerprint density at radius 1 is 0.800 bits per heavy atom. The highest BCUT2D eigenvalue weighted by molar-refractivity contribution is 6.06. The first kappa shape index (κ1) is 14.9. The van der Waals surface area contributed by atoms with E-state index in [2.05, 4.69) is 24.3 Å². The molecule has 2 aliphatic carbocycles. The van der Waals surface area contributed by atoms with E-state index < -0.39 is 0 Å². The molecular formula is C22H21NO2. The number of fused-ring (bicyclic) bond motifs is 5. The van der Waals surface area contributed by atoms with E-state index in [1.807, 2.05) is 36.4 Å². The summed E-state index contributed by atoms with van der Waals surface area (Å²) in [7, 11) is 0. The van der Waals surface area contributed by atoms with Gasteiger partial charge < -0.3 is 0 Å². The van der Waals surface area contributed by atoms with Crippen molar-refractivity contribution in [3.63, 3.8) is 0 Å². The molecule has 3 nitrogen and oxygen atoms in total. The van der Waals surface area contributed by atoms with Gasteiger partial charge in [-0.2, -0.15) is 0 Å². The first-order valence-electron chi connectivity index (χ1n) is 9.18. The fourth-order valence-corrected chi connectivity index (χ4v) is 5.53. The Morgan fingerprint density at radius 2 is 1.44 bits per heavy atom. The maximum Gasteiger partial charge on any atom is 0.233 e. The van der Waals surface area contributed by atoms with Crippen molar-refractivity contribution in [3.05, 3.63) is 71.8 Å². The zero-order valence-corrected chi connectivity index (χ0v) is 14.0. The van der Waals surface area contributed by atoms with Gasteiger partial charge in [0.2, 0.25) is 11.8 Å². The van der Waals surface area contributed by atoms with Crippen molar-refractivity contribution >= 4 is 11.8 Å². The summed E-state index contributed by atoms with van der Waals surface area (Å²) in [6, 6.07) is 20.3. The number of benzene rings is 2. The van der Waals surface area contributed by atoms with Crippen molar-refractivity contribution in [1.82, 2.24) is 4.90 Å². The lowest BCUT2D eigenvalue weighted by molar-refractivity contribution is -0.141. The normalized spacial score (nSPS) is 33.1. The molecule has 3 heteroatoms. The summed E-state index contributed by atoms with van der Waals surface area (Å²) in [6.45, 7) is 0.418. The second-order valence-electron chi connectivity index (χ2n) is 7.71. The van der Waals surface area contributed by atoms with Gasteiger partial charge in [0.1, 0.15) is 0 Å². The zero-order chi connectivity index (χ0) is 17.0. The Hall–Kier alpha value is -2.42. The third-order valence-corrected chi connectivity index (χ3v) is 6.52. The molecular weight excluding hydrogens is 310 g/mol. The van der Waals surface area contributed by atoms with E-state index in [-0.39, 0.29) is 23.7 Å². The summed E-state index contributed by atoms with van der Waals surface area (Å²) < 4.78 is 0. The first-order valence-corrected chi connectivity index (χ1v) is 9.18. The van der Waals surface area contributed by atoms with Crippen LogP contribution in [0.1, 0.15) is 29.9 Å². The Bertz CT molecular complexity index is 816. The minimum Gasteiger partial charge on any atom is -0.278 e. The van der Waals surface area contributed by atoms with E-state index in [9.17, 15) is 9.59 Å². The van der Waals surface area contributed by atoms with Crippen molar-refractivity contribution in [3.8, 4) is 0 Å². The second-order valence-corrected chi connectivity index (χ2v) is 7.71. The number of imide groups is 1. The number of carbonyl (C=O) groups excluding carboxylic acids is 2. The lowest BCUT2D eigenvalue weighted by atomic mass is 9.73. The molecule has 25 heavy (non-hydrogen) atoms.